The summed E-state index contributed by atoms with van der Waals surface area (Å²) in [6.07, 6.45) is 58.3. The first-order valence-electron chi connectivity index (χ1n) is 30.9. The van der Waals surface area contributed by atoms with Gasteiger partial charge in [0.05, 0.1) is 6.10 Å². The topological polar surface area (TPSA) is 64.1 Å². The number of aliphatic hydroxyl groups is 1. The smallest absolute Gasteiger partial charge is 0.222 e. The van der Waals surface area contributed by atoms with Crippen molar-refractivity contribution < 1.29 is 14.7 Å². The molecular weight excluding hydrogens is 823 g/mol. The second-order valence-electron chi connectivity index (χ2n) is 21.9. The van der Waals surface area contributed by atoms with E-state index in [1.54, 1.807) is 0 Å². The third-order valence-electron chi connectivity index (χ3n) is 15.4. The SMILES string of the molecule is CCCCCCCCCCN(CCCCCCCCCC)C(=O)CCCCCCCN(CCCCCCCC(=O)N(CCCCCCCCCC)CCCCCCCCCC)C1CCC(O)C1. The summed E-state index contributed by atoms with van der Waals surface area (Å²) in [7, 11) is 0. The largest absolute Gasteiger partial charge is 0.393 e. The number of hydrogen-bond donors (Lipinski definition) is 1. The van der Waals surface area contributed by atoms with Crippen LogP contribution in [0.15, 0.2) is 0 Å². The number of amides is 2. The van der Waals surface area contributed by atoms with Crippen LogP contribution in [-0.4, -0.2) is 83.0 Å². The van der Waals surface area contributed by atoms with Crippen molar-refractivity contribution in [3.05, 3.63) is 0 Å². The van der Waals surface area contributed by atoms with Gasteiger partial charge in [-0.2, -0.15) is 0 Å². The second kappa shape index (κ2) is 49.8. The molecule has 1 fully saturated rings. The first-order valence-corrected chi connectivity index (χ1v) is 30.9. The summed E-state index contributed by atoms with van der Waals surface area (Å²) in [5, 5.41) is 10.4. The minimum absolute atomic E-state index is 0.126. The van der Waals surface area contributed by atoms with Crippen molar-refractivity contribution in [3.8, 4) is 0 Å². The van der Waals surface area contributed by atoms with E-state index in [4.69, 9.17) is 0 Å². The molecule has 1 saturated carbocycles. The molecule has 2 atom stereocenters. The average Bonchev–Trinajstić information content (AvgIpc) is 3.77. The van der Waals surface area contributed by atoms with Gasteiger partial charge < -0.3 is 19.8 Å². The molecule has 0 spiro atoms. The summed E-state index contributed by atoms with van der Waals surface area (Å²) in [6.45, 7) is 15.3. The summed E-state index contributed by atoms with van der Waals surface area (Å²) in [6, 6.07) is 0.534. The lowest BCUT2D eigenvalue weighted by Crippen LogP contribution is -2.35. The van der Waals surface area contributed by atoms with Crippen LogP contribution in [0.5, 0.6) is 0 Å². The Kier molecular flexibility index (Phi) is 47.5. The predicted molar refractivity (Wildman–Crippen MR) is 294 cm³/mol. The molecule has 398 valence electrons. The first-order chi connectivity index (χ1) is 33.0. The Hall–Kier alpha value is -1.14. The molecule has 1 N–H and O–H groups in total. The monoisotopic (exact) mass is 944 g/mol. The molecule has 6 nitrogen and oxygen atoms in total. The van der Waals surface area contributed by atoms with E-state index < -0.39 is 0 Å². The number of rotatable bonds is 53. The zero-order chi connectivity index (χ0) is 48.5. The Morgan fingerprint density at radius 3 is 0.821 bits per heavy atom. The lowest BCUT2D eigenvalue weighted by Gasteiger charge is -2.29. The highest BCUT2D eigenvalue weighted by Crippen LogP contribution is 2.26. The summed E-state index contributed by atoms with van der Waals surface area (Å²) < 4.78 is 0. The van der Waals surface area contributed by atoms with Crippen LogP contribution >= 0.6 is 0 Å². The van der Waals surface area contributed by atoms with Crippen LogP contribution in [-0.2, 0) is 9.59 Å². The Bertz CT molecular complexity index is 929. The van der Waals surface area contributed by atoms with E-state index in [1.165, 1.54) is 244 Å². The maximum absolute atomic E-state index is 13.5. The zero-order valence-corrected chi connectivity index (χ0v) is 46.2. The molecule has 0 bridgehead atoms. The van der Waals surface area contributed by atoms with Gasteiger partial charge in [-0.25, -0.2) is 0 Å². The minimum Gasteiger partial charge on any atom is -0.393 e. The average molecular weight is 945 g/mol. The Labute approximate surface area is 420 Å². The van der Waals surface area contributed by atoms with E-state index in [2.05, 4.69) is 42.4 Å². The van der Waals surface area contributed by atoms with E-state index in [1.807, 2.05) is 0 Å². The fourth-order valence-electron chi connectivity index (χ4n) is 10.8. The highest BCUT2D eigenvalue weighted by molar-refractivity contribution is 5.76. The van der Waals surface area contributed by atoms with Crippen LogP contribution in [0.1, 0.15) is 329 Å². The third-order valence-corrected chi connectivity index (χ3v) is 15.4. The minimum atomic E-state index is -0.126. The molecule has 0 aromatic rings. The number of hydrogen-bond acceptors (Lipinski definition) is 4. The van der Waals surface area contributed by atoms with E-state index in [0.29, 0.717) is 17.9 Å². The van der Waals surface area contributed by atoms with Gasteiger partial charge in [0.1, 0.15) is 0 Å². The first kappa shape index (κ1) is 63.9. The zero-order valence-electron chi connectivity index (χ0n) is 46.2. The van der Waals surface area contributed by atoms with Crippen molar-refractivity contribution in [2.75, 3.05) is 39.3 Å². The fraction of sp³-hybridized carbons (Fsp3) is 0.967. The van der Waals surface area contributed by atoms with Gasteiger partial charge in [-0.1, -0.05) is 246 Å². The molecule has 0 aromatic carbocycles. The van der Waals surface area contributed by atoms with Crippen molar-refractivity contribution in [3.63, 3.8) is 0 Å². The number of carbonyl (C=O) groups excluding carboxylic acids is 2. The summed E-state index contributed by atoms with van der Waals surface area (Å²) in [5.41, 5.74) is 0. The van der Waals surface area contributed by atoms with E-state index in [-0.39, 0.29) is 6.10 Å². The molecule has 2 amide bonds. The molecule has 1 aliphatic carbocycles. The van der Waals surface area contributed by atoms with Crippen molar-refractivity contribution in [1.29, 1.82) is 0 Å². The molecule has 0 aliphatic heterocycles. The van der Waals surface area contributed by atoms with Gasteiger partial charge in [-0.3, -0.25) is 9.59 Å². The normalized spacial score (nSPS) is 15.0. The molecule has 2 unspecified atom stereocenters. The highest BCUT2D eigenvalue weighted by Gasteiger charge is 2.27. The fourth-order valence-corrected chi connectivity index (χ4v) is 10.8. The summed E-state index contributed by atoms with van der Waals surface area (Å²) in [5.74, 6) is 0.821. The molecule has 6 heteroatoms. The van der Waals surface area contributed by atoms with Crippen LogP contribution in [0.3, 0.4) is 0 Å². The predicted octanol–water partition coefficient (Wildman–Crippen LogP) is 18.1. The lowest BCUT2D eigenvalue weighted by molar-refractivity contribution is -0.132. The molecule has 1 rings (SSSR count). The molecule has 0 radical (unpaired) electrons. The van der Waals surface area contributed by atoms with E-state index in [9.17, 15) is 14.7 Å². The van der Waals surface area contributed by atoms with E-state index >= 15 is 0 Å². The highest BCUT2D eigenvalue weighted by atomic mass is 16.3. The van der Waals surface area contributed by atoms with Crippen molar-refractivity contribution in [1.82, 2.24) is 14.7 Å². The van der Waals surface area contributed by atoms with Gasteiger partial charge in [0.15, 0.2) is 0 Å². The van der Waals surface area contributed by atoms with Crippen LogP contribution in [0, 0.1) is 0 Å². The van der Waals surface area contributed by atoms with Crippen LogP contribution in [0.4, 0.5) is 0 Å². The van der Waals surface area contributed by atoms with Crippen molar-refractivity contribution in [2.24, 2.45) is 0 Å². The van der Waals surface area contributed by atoms with Gasteiger partial charge in [0.2, 0.25) is 11.8 Å². The lowest BCUT2D eigenvalue weighted by atomic mass is 10.1. The molecule has 0 aromatic heterocycles. The van der Waals surface area contributed by atoms with Crippen molar-refractivity contribution in [2.45, 2.75) is 342 Å². The van der Waals surface area contributed by atoms with Gasteiger partial charge in [0, 0.05) is 45.1 Å². The van der Waals surface area contributed by atoms with E-state index in [0.717, 1.165) is 97.1 Å². The quantitative estimate of drug-likeness (QED) is 0.0617. The number of nitrogens with zero attached hydrogens (tertiary/aromatic N) is 3. The third kappa shape index (κ3) is 40.2. The van der Waals surface area contributed by atoms with Crippen molar-refractivity contribution >= 4 is 11.8 Å². The standard InChI is InChI=1S/C61H121N3O3/c1-5-9-13-17-21-25-33-43-53-63(54-44-34-26-22-18-14-10-6-2)60(66)47-39-31-29-37-41-51-62(58-49-50-59(65)57-58)52-42-38-30-32-40-48-61(67)64(55-45-35-27-23-19-15-11-7-3)56-46-36-28-24-20-16-12-8-4/h58-59,65H,5-57H2,1-4H3. The maximum atomic E-state index is 13.5. The number of carbonyl (C=O) groups is 2. The summed E-state index contributed by atoms with van der Waals surface area (Å²) in [4.78, 5) is 34.1. The molecule has 67 heavy (non-hydrogen) atoms. The molecule has 0 heterocycles. The molecule has 1 aliphatic rings. The maximum Gasteiger partial charge on any atom is 0.222 e. The van der Waals surface area contributed by atoms with Crippen LogP contribution in [0.2, 0.25) is 0 Å². The van der Waals surface area contributed by atoms with Crippen LogP contribution in [0.25, 0.3) is 0 Å². The second-order valence-corrected chi connectivity index (χ2v) is 21.9. The van der Waals surface area contributed by atoms with Gasteiger partial charge >= 0.3 is 0 Å². The van der Waals surface area contributed by atoms with Gasteiger partial charge in [0.25, 0.3) is 0 Å². The van der Waals surface area contributed by atoms with Gasteiger partial charge in [-0.15, -0.1) is 0 Å². The Morgan fingerprint density at radius 1 is 0.328 bits per heavy atom. The number of unbranched alkanes of at least 4 members (excludes halogenated alkanes) is 36. The van der Waals surface area contributed by atoms with Crippen LogP contribution < -0.4 is 0 Å². The Balaban J connectivity index is 2.41. The van der Waals surface area contributed by atoms with Gasteiger partial charge in [-0.05, 0) is 83.7 Å². The Morgan fingerprint density at radius 2 is 0.567 bits per heavy atom. The molecular formula is C61H121N3O3. The summed E-state index contributed by atoms with van der Waals surface area (Å²) >= 11 is 0. The number of aliphatic hydroxyl groups excluding tert-OH is 1. The molecule has 0 saturated heterocycles.